The number of nitrogens with zero attached hydrogens (tertiary/aromatic N) is 1. The van der Waals surface area contributed by atoms with E-state index in [1.807, 2.05) is 66.7 Å². The van der Waals surface area contributed by atoms with Crippen molar-refractivity contribution in [3.05, 3.63) is 82.6 Å². The largest absolute Gasteiger partial charge is 0.492 e. The van der Waals surface area contributed by atoms with Crippen LogP contribution in [0.1, 0.15) is 5.56 Å². The number of fused-ring (bicyclic) bond motifs is 6. The first-order chi connectivity index (χ1) is 16.2. The molecule has 0 saturated heterocycles. The predicted octanol–water partition coefficient (Wildman–Crippen LogP) is 5.16. The van der Waals surface area contributed by atoms with E-state index in [2.05, 4.69) is 0 Å². The molecule has 0 radical (unpaired) electrons. The zero-order chi connectivity index (χ0) is 22.5. The van der Waals surface area contributed by atoms with E-state index in [0.29, 0.717) is 29.2 Å². The molecule has 6 heteroatoms. The molecule has 1 aliphatic heterocycles. The van der Waals surface area contributed by atoms with Crippen LogP contribution in [0.25, 0.3) is 32.4 Å². The standard InChI is InChI=1S/C27H21NO5/c1-28-25-19(9-8-17-12-22-23(13-20(17)25)33-15-32-22)18-10-11-21(26(30-2)24(18)27(28)29)31-14-16-6-4-3-5-7-16/h3-13H,14-15H2,1-2H3. The Labute approximate surface area is 189 Å². The molecular formula is C27H21NO5. The van der Waals surface area contributed by atoms with Crippen LogP contribution >= 0.6 is 0 Å². The van der Waals surface area contributed by atoms with E-state index >= 15 is 0 Å². The molecule has 0 atom stereocenters. The molecule has 33 heavy (non-hydrogen) atoms. The average molecular weight is 439 g/mol. The van der Waals surface area contributed by atoms with Crippen LogP contribution in [-0.4, -0.2) is 18.5 Å². The van der Waals surface area contributed by atoms with E-state index in [4.69, 9.17) is 18.9 Å². The number of benzene rings is 4. The van der Waals surface area contributed by atoms with Gasteiger partial charge in [-0.25, -0.2) is 0 Å². The number of rotatable bonds is 4. The molecule has 0 amide bonds. The summed E-state index contributed by atoms with van der Waals surface area (Å²) >= 11 is 0. The fraction of sp³-hybridized carbons (Fsp3) is 0.148. The Balaban J connectivity index is 1.58. The van der Waals surface area contributed by atoms with Crippen molar-refractivity contribution >= 4 is 32.4 Å². The maximum atomic E-state index is 13.6. The Bertz CT molecular complexity index is 1600. The monoisotopic (exact) mass is 439 g/mol. The fourth-order valence-electron chi connectivity index (χ4n) is 4.60. The van der Waals surface area contributed by atoms with Crippen molar-refractivity contribution in [2.45, 2.75) is 6.61 Å². The number of hydrogen-bond donors (Lipinski definition) is 0. The Hall–Kier alpha value is -4.19. The van der Waals surface area contributed by atoms with E-state index in [9.17, 15) is 4.79 Å². The zero-order valence-corrected chi connectivity index (χ0v) is 18.3. The first kappa shape index (κ1) is 19.5. The first-order valence-electron chi connectivity index (χ1n) is 10.7. The number of pyridine rings is 1. The number of hydrogen-bond acceptors (Lipinski definition) is 5. The maximum absolute atomic E-state index is 13.6. The molecule has 0 fully saturated rings. The molecule has 0 spiro atoms. The summed E-state index contributed by atoms with van der Waals surface area (Å²) in [6.07, 6.45) is 0. The van der Waals surface area contributed by atoms with Crippen molar-refractivity contribution in [3.8, 4) is 23.0 Å². The first-order valence-corrected chi connectivity index (χ1v) is 10.7. The summed E-state index contributed by atoms with van der Waals surface area (Å²) in [5.74, 6) is 2.38. The van der Waals surface area contributed by atoms with Crippen LogP contribution in [0.4, 0.5) is 0 Å². The Morgan fingerprint density at radius 1 is 0.909 bits per heavy atom. The van der Waals surface area contributed by atoms with Crippen molar-refractivity contribution in [1.29, 1.82) is 0 Å². The van der Waals surface area contributed by atoms with E-state index in [1.54, 1.807) is 18.7 Å². The summed E-state index contributed by atoms with van der Waals surface area (Å²) in [6, 6.07) is 21.7. The van der Waals surface area contributed by atoms with Gasteiger partial charge in [0.05, 0.1) is 18.0 Å². The third kappa shape index (κ3) is 2.98. The highest BCUT2D eigenvalue weighted by molar-refractivity contribution is 6.17. The van der Waals surface area contributed by atoms with Gasteiger partial charge in [0.15, 0.2) is 23.0 Å². The third-order valence-electron chi connectivity index (χ3n) is 6.19. The van der Waals surface area contributed by atoms with Crippen molar-refractivity contribution in [2.24, 2.45) is 7.05 Å². The topological polar surface area (TPSA) is 58.9 Å². The molecule has 0 saturated carbocycles. The van der Waals surface area contributed by atoms with Crippen LogP contribution in [0.3, 0.4) is 0 Å². The van der Waals surface area contributed by atoms with Crippen LogP contribution in [-0.2, 0) is 13.7 Å². The molecule has 2 heterocycles. The Morgan fingerprint density at radius 3 is 2.45 bits per heavy atom. The molecule has 0 N–H and O–H groups in total. The van der Waals surface area contributed by atoms with Gasteiger partial charge in [-0.1, -0.05) is 42.5 Å². The molecule has 4 aromatic carbocycles. The lowest BCUT2D eigenvalue weighted by Gasteiger charge is -2.17. The summed E-state index contributed by atoms with van der Waals surface area (Å²) in [7, 11) is 3.35. The van der Waals surface area contributed by atoms with E-state index in [1.165, 1.54) is 0 Å². The summed E-state index contributed by atoms with van der Waals surface area (Å²) < 4.78 is 24.5. The number of ether oxygens (including phenoxy) is 4. The highest BCUT2D eigenvalue weighted by atomic mass is 16.7. The number of aryl methyl sites for hydroxylation is 1. The highest BCUT2D eigenvalue weighted by Crippen LogP contribution is 2.41. The van der Waals surface area contributed by atoms with E-state index < -0.39 is 0 Å². The molecule has 1 aliphatic rings. The zero-order valence-electron chi connectivity index (χ0n) is 18.3. The van der Waals surface area contributed by atoms with Crippen LogP contribution in [0.5, 0.6) is 23.0 Å². The Kier molecular flexibility index (Phi) is 4.40. The molecule has 5 aromatic rings. The third-order valence-corrected chi connectivity index (χ3v) is 6.19. The molecule has 6 rings (SSSR count). The fourth-order valence-corrected chi connectivity index (χ4v) is 4.60. The lowest BCUT2D eigenvalue weighted by Crippen LogP contribution is -2.18. The van der Waals surface area contributed by atoms with Crippen LogP contribution < -0.4 is 24.5 Å². The minimum absolute atomic E-state index is 0.148. The van der Waals surface area contributed by atoms with Crippen molar-refractivity contribution in [3.63, 3.8) is 0 Å². The second-order valence-corrected chi connectivity index (χ2v) is 8.05. The smallest absolute Gasteiger partial charge is 0.262 e. The van der Waals surface area contributed by atoms with Gasteiger partial charge in [-0.05, 0) is 35.2 Å². The minimum atomic E-state index is -0.148. The SMILES string of the molecule is COc1c(OCc2ccccc2)ccc2c1c(=O)n(C)c1c3cc4c(cc3ccc21)OCO4. The quantitative estimate of drug-likeness (QED) is 0.362. The Morgan fingerprint density at radius 2 is 1.67 bits per heavy atom. The van der Waals surface area contributed by atoms with Gasteiger partial charge in [-0.2, -0.15) is 0 Å². The van der Waals surface area contributed by atoms with Crippen LogP contribution in [0, 0.1) is 0 Å². The van der Waals surface area contributed by atoms with Crippen LogP contribution in [0.15, 0.2) is 71.5 Å². The molecule has 0 unspecified atom stereocenters. The van der Waals surface area contributed by atoms with Gasteiger partial charge in [-0.15, -0.1) is 0 Å². The molecular weight excluding hydrogens is 418 g/mol. The second-order valence-electron chi connectivity index (χ2n) is 8.05. The van der Waals surface area contributed by atoms with Crippen LogP contribution in [0.2, 0.25) is 0 Å². The van der Waals surface area contributed by atoms with E-state index in [-0.39, 0.29) is 12.4 Å². The predicted molar refractivity (Wildman–Crippen MR) is 128 cm³/mol. The van der Waals surface area contributed by atoms with Gasteiger partial charge in [-0.3, -0.25) is 4.79 Å². The van der Waals surface area contributed by atoms with Gasteiger partial charge in [0.25, 0.3) is 5.56 Å². The summed E-state index contributed by atoms with van der Waals surface area (Å²) in [5.41, 5.74) is 1.73. The molecule has 6 nitrogen and oxygen atoms in total. The summed E-state index contributed by atoms with van der Waals surface area (Å²) in [5, 5.41) is 4.18. The van der Waals surface area contributed by atoms with E-state index in [0.717, 1.165) is 38.4 Å². The lowest BCUT2D eigenvalue weighted by molar-refractivity contribution is 0.174. The molecule has 0 bridgehead atoms. The summed E-state index contributed by atoms with van der Waals surface area (Å²) in [6.45, 7) is 0.586. The highest BCUT2D eigenvalue weighted by Gasteiger charge is 2.21. The van der Waals surface area contributed by atoms with Gasteiger partial charge in [0.1, 0.15) is 6.61 Å². The van der Waals surface area contributed by atoms with Crippen molar-refractivity contribution in [2.75, 3.05) is 13.9 Å². The van der Waals surface area contributed by atoms with Crippen molar-refractivity contribution in [1.82, 2.24) is 4.57 Å². The average Bonchev–Trinajstić information content (AvgIpc) is 3.31. The minimum Gasteiger partial charge on any atom is -0.492 e. The van der Waals surface area contributed by atoms with Crippen molar-refractivity contribution < 1.29 is 18.9 Å². The number of methoxy groups -OCH3 is 1. The van der Waals surface area contributed by atoms with Gasteiger partial charge in [0, 0.05) is 23.2 Å². The maximum Gasteiger partial charge on any atom is 0.262 e. The van der Waals surface area contributed by atoms with Gasteiger partial charge < -0.3 is 23.5 Å². The summed E-state index contributed by atoms with van der Waals surface area (Å²) in [4.78, 5) is 13.6. The molecule has 1 aromatic heterocycles. The number of aromatic nitrogens is 1. The molecule has 0 aliphatic carbocycles. The normalized spacial score (nSPS) is 12.5. The second kappa shape index (κ2) is 7.45. The van der Waals surface area contributed by atoms with Gasteiger partial charge >= 0.3 is 0 Å². The van der Waals surface area contributed by atoms with Gasteiger partial charge in [0.2, 0.25) is 6.79 Å². The molecule has 164 valence electrons. The lowest BCUT2D eigenvalue weighted by atomic mass is 10.00.